The van der Waals surface area contributed by atoms with E-state index in [9.17, 15) is 4.79 Å². The molecule has 3 N–H and O–H groups in total. The molecule has 0 atom stereocenters. The van der Waals surface area contributed by atoms with Crippen LogP contribution in [0.5, 0.6) is 0 Å². The molecule has 1 amide bonds. The van der Waals surface area contributed by atoms with Gasteiger partial charge in [0.2, 0.25) is 0 Å². The molecule has 0 spiro atoms. The minimum Gasteiger partial charge on any atom is -0.398 e. The van der Waals surface area contributed by atoms with Gasteiger partial charge >= 0.3 is 0 Å². The highest BCUT2D eigenvalue weighted by Gasteiger charge is 2.08. The third-order valence-corrected chi connectivity index (χ3v) is 3.52. The van der Waals surface area contributed by atoms with Crippen LogP contribution >= 0.6 is 15.9 Å². The van der Waals surface area contributed by atoms with Gasteiger partial charge in [-0.3, -0.25) is 4.79 Å². The maximum atomic E-state index is 12.0. The Balaban J connectivity index is 1.80. The molecule has 0 fully saturated rings. The Labute approximate surface area is 127 Å². The molecule has 0 saturated carbocycles. The number of nitrogen functional groups attached to an aromatic ring is 1. The van der Waals surface area contributed by atoms with Crippen molar-refractivity contribution in [1.82, 2.24) is 5.32 Å². The third-order valence-electron chi connectivity index (χ3n) is 3.03. The van der Waals surface area contributed by atoms with Crippen LogP contribution < -0.4 is 11.1 Å². The summed E-state index contributed by atoms with van der Waals surface area (Å²) in [5.41, 5.74) is 8.12. The van der Waals surface area contributed by atoms with Crippen LogP contribution in [0, 0.1) is 0 Å². The van der Waals surface area contributed by atoms with E-state index in [4.69, 9.17) is 5.73 Å². The van der Waals surface area contributed by atoms with E-state index >= 15 is 0 Å². The molecular formula is C16H17BrN2O. The average Bonchev–Trinajstić information content (AvgIpc) is 2.44. The quantitative estimate of drug-likeness (QED) is 0.651. The summed E-state index contributed by atoms with van der Waals surface area (Å²) in [6.45, 7) is 0.642. The summed E-state index contributed by atoms with van der Waals surface area (Å²) in [4.78, 5) is 12.0. The van der Waals surface area contributed by atoms with Crippen molar-refractivity contribution in [2.75, 3.05) is 12.3 Å². The van der Waals surface area contributed by atoms with Gasteiger partial charge in [0.05, 0.1) is 5.56 Å². The van der Waals surface area contributed by atoms with Crippen LogP contribution in [0.2, 0.25) is 0 Å². The molecule has 2 rings (SSSR count). The molecule has 0 saturated heterocycles. The van der Waals surface area contributed by atoms with E-state index < -0.39 is 0 Å². The molecule has 0 aliphatic rings. The molecule has 0 bridgehead atoms. The molecule has 0 heterocycles. The highest BCUT2D eigenvalue weighted by molar-refractivity contribution is 9.10. The zero-order chi connectivity index (χ0) is 14.4. The zero-order valence-electron chi connectivity index (χ0n) is 11.1. The number of anilines is 1. The predicted octanol–water partition coefficient (Wildman–Crippen LogP) is 3.39. The molecule has 0 unspecified atom stereocenters. The lowest BCUT2D eigenvalue weighted by molar-refractivity contribution is 0.0954. The Bertz CT molecular complexity index is 584. The number of aryl methyl sites for hydroxylation is 1. The first kappa shape index (κ1) is 14.6. The Kier molecular flexibility index (Phi) is 5.18. The van der Waals surface area contributed by atoms with E-state index in [1.54, 1.807) is 12.1 Å². The van der Waals surface area contributed by atoms with Crippen LogP contribution in [-0.4, -0.2) is 12.5 Å². The fourth-order valence-electron chi connectivity index (χ4n) is 1.97. The number of carbonyl (C=O) groups excluding carboxylic acids is 1. The molecule has 2 aromatic carbocycles. The molecule has 0 radical (unpaired) electrons. The summed E-state index contributed by atoms with van der Waals surface area (Å²) < 4.78 is 0.871. The Morgan fingerprint density at radius 3 is 2.60 bits per heavy atom. The van der Waals surface area contributed by atoms with Gasteiger partial charge in [-0.05, 0) is 36.6 Å². The highest BCUT2D eigenvalue weighted by atomic mass is 79.9. The normalized spacial score (nSPS) is 10.2. The number of hydrogen-bond donors (Lipinski definition) is 2. The highest BCUT2D eigenvalue weighted by Crippen LogP contribution is 2.18. The minimum atomic E-state index is -0.122. The van der Waals surface area contributed by atoms with Crippen LogP contribution in [0.4, 0.5) is 5.69 Å². The smallest absolute Gasteiger partial charge is 0.253 e. The number of benzene rings is 2. The van der Waals surface area contributed by atoms with Crippen LogP contribution in [0.1, 0.15) is 22.3 Å². The fraction of sp³-hybridized carbons (Fsp3) is 0.188. The fourth-order valence-corrected chi connectivity index (χ4v) is 2.35. The lowest BCUT2D eigenvalue weighted by atomic mass is 10.1. The number of carbonyl (C=O) groups is 1. The van der Waals surface area contributed by atoms with Crippen molar-refractivity contribution in [2.24, 2.45) is 0 Å². The number of amides is 1. The van der Waals surface area contributed by atoms with E-state index in [0.717, 1.165) is 17.3 Å². The molecule has 0 aliphatic heterocycles. The van der Waals surface area contributed by atoms with Crippen molar-refractivity contribution < 1.29 is 4.79 Å². The molecule has 2 aromatic rings. The molecule has 20 heavy (non-hydrogen) atoms. The van der Waals surface area contributed by atoms with Gasteiger partial charge in [0.15, 0.2) is 0 Å². The summed E-state index contributed by atoms with van der Waals surface area (Å²) in [6, 6.07) is 15.5. The van der Waals surface area contributed by atoms with Gasteiger partial charge in [0, 0.05) is 16.7 Å². The minimum absolute atomic E-state index is 0.122. The SMILES string of the molecule is Nc1cc(Br)ccc1C(=O)NCCCc1ccccc1. The second-order valence-electron chi connectivity index (χ2n) is 4.58. The molecule has 4 heteroatoms. The van der Waals surface area contributed by atoms with Crippen molar-refractivity contribution in [3.8, 4) is 0 Å². The van der Waals surface area contributed by atoms with Gasteiger partial charge in [-0.2, -0.15) is 0 Å². The predicted molar refractivity (Wildman–Crippen MR) is 85.7 cm³/mol. The van der Waals surface area contributed by atoms with Crippen LogP contribution in [-0.2, 0) is 6.42 Å². The summed E-state index contributed by atoms with van der Waals surface area (Å²) in [5.74, 6) is -0.122. The van der Waals surface area contributed by atoms with Crippen LogP contribution in [0.3, 0.4) is 0 Å². The third kappa shape index (κ3) is 4.10. The zero-order valence-corrected chi connectivity index (χ0v) is 12.7. The van der Waals surface area contributed by atoms with Gasteiger partial charge < -0.3 is 11.1 Å². The van der Waals surface area contributed by atoms with Crippen LogP contribution in [0.25, 0.3) is 0 Å². The largest absolute Gasteiger partial charge is 0.398 e. The van der Waals surface area contributed by atoms with Crippen molar-refractivity contribution in [3.63, 3.8) is 0 Å². The maximum Gasteiger partial charge on any atom is 0.253 e. The first-order valence-electron chi connectivity index (χ1n) is 6.54. The van der Waals surface area contributed by atoms with Gasteiger partial charge in [-0.15, -0.1) is 0 Å². The molecule has 0 aliphatic carbocycles. The van der Waals surface area contributed by atoms with E-state index in [2.05, 4.69) is 33.4 Å². The first-order valence-corrected chi connectivity index (χ1v) is 7.33. The number of rotatable bonds is 5. The summed E-state index contributed by atoms with van der Waals surface area (Å²) in [5, 5.41) is 2.90. The molecular weight excluding hydrogens is 316 g/mol. The second kappa shape index (κ2) is 7.10. The first-order chi connectivity index (χ1) is 9.66. The number of nitrogens with one attached hydrogen (secondary N) is 1. The second-order valence-corrected chi connectivity index (χ2v) is 5.49. The average molecular weight is 333 g/mol. The van der Waals surface area contributed by atoms with Gasteiger partial charge in [-0.25, -0.2) is 0 Å². The van der Waals surface area contributed by atoms with Crippen LogP contribution in [0.15, 0.2) is 53.0 Å². The molecule has 104 valence electrons. The number of hydrogen-bond acceptors (Lipinski definition) is 2. The topological polar surface area (TPSA) is 55.1 Å². The van der Waals surface area contributed by atoms with Crippen molar-refractivity contribution in [3.05, 3.63) is 64.1 Å². The monoisotopic (exact) mass is 332 g/mol. The maximum absolute atomic E-state index is 12.0. The summed E-state index contributed by atoms with van der Waals surface area (Å²) in [7, 11) is 0. The van der Waals surface area contributed by atoms with E-state index in [0.29, 0.717) is 17.8 Å². The van der Waals surface area contributed by atoms with Gasteiger partial charge in [-0.1, -0.05) is 46.3 Å². The van der Waals surface area contributed by atoms with E-state index in [-0.39, 0.29) is 5.91 Å². The van der Waals surface area contributed by atoms with Crippen molar-refractivity contribution in [2.45, 2.75) is 12.8 Å². The van der Waals surface area contributed by atoms with Gasteiger partial charge in [0.1, 0.15) is 0 Å². The number of halogens is 1. The summed E-state index contributed by atoms with van der Waals surface area (Å²) in [6.07, 6.45) is 1.86. The standard InChI is InChI=1S/C16H17BrN2O/c17-13-8-9-14(15(18)11-13)16(20)19-10-4-7-12-5-2-1-3-6-12/h1-3,5-6,8-9,11H,4,7,10,18H2,(H,19,20). The van der Waals surface area contributed by atoms with Crippen molar-refractivity contribution >= 4 is 27.5 Å². The Morgan fingerprint density at radius 1 is 1.15 bits per heavy atom. The molecule has 3 nitrogen and oxygen atoms in total. The van der Waals surface area contributed by atoms with E-state index in [1.807, 2.05) is 24.3 Å². The lowest BCUT2D eigenvalue weighted by Crippen LogP contribution is -2.25. The Morgan fingerprint density at radius 2 is 1.90 bits per heavy atom. The molecule has 0 aromatic heterocycles. The van der Waals surface area contributed by atoms with E-state index in [1.165, 1.54) is 5.56 Å². The summed E-state index contributed by atoms with van der Waals surface area (Å²) >= 11 is 3.32. The number of nitrogens with two attached hydrogens (primary N) is 1. The lowest BCUT2D eigenvalue weighted by Gasteiger charge is -2.08. The Hall–Kier alpha value is -1.81. The van der Waals surface area contributed by atoms with Gasteiger partial charge in [0.25, 0.3) is 5.91 Å². The van der Waals surface area contributed by atoms with Crippen molar-refractivity contribution in [1.29, 1.82) is 0 Å².